The first-order valence-electron chi connectivity index (χ1n) is 6.45. The predicted molar refractivity (Wildman–Crippen MR) is 85.8 cm³/mol. The number of carbonyl (C=O) groups is 1. The van der Waals surface area contributed by atoms with Gasteiger partial charge in [0.1, 0.15) is 0 Å². The van der Waals surface area contributed by atoms with Gasteiger partial charge in [0, 0.05) is 21.8 Å². The fraction of sp³-hybridized carbons (Fsp3) is 0.0625. The molecule has 0 aliphatic heterocycles. The van der Waals surface area contributed by atoms with Gasteiger partial charge in [0.15, 0.2) is 5.78 Å². The third kappa shape index (κ3) is 3.93. The van der Waals surface area contributed by atoms with Crippen LogP contribution in [0, 0.1) is 17.0 Å². The van der Waals surface area contributed by atoms with E-state index in [4.69, 9.17) is 11.6 Å². The van der Waals surface area contributed by atoms with Crippen molar-refractivity contribution < 1.29 is 9.72 Å². The van der Waals surface area contributed by atoms with Gasteiger partial charge in [-0.1, -0.05) is 41.4 Å². The molecule has 112 valence electrons. The van der Waals surface area contributed by atoms with Crippen LogP contribution in [0.1, 0.15) is 21.5 Å². The highest BCUT2D eigenvalue weighted by atomic mass is 35.5. The normalized spacial score (nSPS) is 10.6. The minimum Gasteiger partial charge on any atom is -0.356 e. The van der Waals surface area contributed by atoms with E-state index in [-0.39, 0.29) is 5.78 Å². The second kappa shape index (κ2) is 6.87. The number of ketones is 1. The van der Waals surface area contributed by atoms with E-state index in [9.17, 15) is 14.9 Å². The van der Waals surface area contributed by atoms with E-state index in [1.165, 1.54) is 6.07 Å². The second-order valence-electron chi connectivity index (χ2n) is 4.63. The largest absolute Gasteiger partial charge is 0.356 e. The molecule has 0 fully saturated rings. The Kier molecular flexibility index (Phi) is 4.91. The summed E-state index contributed by atoms with van der Waals surface area (Å²) < 4.78 is 0. The maximum absolute atomic E-state index is 12.6. The Labute approximate surface area is 132 Å². The number of benzene rings is 2. The number of nitrogens with zero attached hydrogens (tertiary/aromatic N) is 1. The molecular weight excluding hydrogens is 304 g/mol. The van der Waals surface area contributed by atoms with Crippen LogP contribution in [0.4, 0.5) is 5.69 Å². The quantitative estimate of drug-likeness (QED) is 0.513. The molecule has 0 aliphatic rings. The second-order valence-corrected chi connectivity index (χ2v) is 5.07. The molecule has 0 atom stereocenters. The molecule has 5 nitrogen and oxygen atoms in total. The Morgan fingerprint density at radius 3 is 2.55 bits per heavy atom. The number of hydrogen-bond acceptors (Lipinski definition) is 4. The number of carbonyl (C=O) groups excluding carboxylic acids is 1. The summed E-state index contributed by atoms with van der Waals surface area (Å²) in [4.78, 5) is 22.3. The molecular formula is C16H13ClN2O3. The van der Waals surface area contributed by atoms with Crippen LogP contribution in [0.25, 0.3) is 0 Å². The molecule has 0 spiro atoms. The van der Waals surface area contributed by atoms with Crippen molar-refractivity contribution >= 4 is 23.1 Å². The van der Waals surface area contributed by atoms with Crippen molar-refractivity contribution in [3.05, 3.63) is 86.7 Å². The Morgan fingerprint density at radius 1 is 1.23 bits per heavy atom. The van der Waals surface area contributed by atoms with Crippen molar-refractivity contribution in [3.63, 3.8) is 0 Å². The molecule has 2 rings (SSSR count). The van der Waals surface area contributed by atoms with Crippen molar-refractivity contribution in [2.24, 2.45) is 0 Å². The zero-order valence-electron chi connectivity index (χ0n) is 11.7. The summed E-state index contributed by atoms with van der Waals surface area (Å²) in [5.74, 6) is -0.209. The summed E-state index contributed by atoms with van der Waals surface area (Å²) in [6, 6.07) is 11.9. The average Bonchev–Trinajstić information content (AvgIpc) is 2.48. The van der Waals surface area contributed by atoms with Gasteiger partial charge < -0.3 is 5.32 Å². The number of anilines is 1. The van der Waals surface area contributed by atoms with E-state index in [1.807, 2.05) is 19.1 Å². The van der Waals surface area contributed by atoms with Crippen LogP contribution >= 0.6 is 11.6 Å². The molecule has 6 heteroatoms. The van der Waals surface area contributed by atoms with Gasteiger partial charge in [0.2, 0.25) is 6.20 Å². The lowest BCUT2D eigenvalue weighted by molar-refractivity contribution is -0.402. The number of nitro groups is 1. The number of rotatable bonds is 5. The minimum atomic E-state index is -0.593. The van der Waals surface area contributed by atoms with Crippen molar-refractivity contribution in [1.82, 2.24) is 0 Å². The summed E-state index contributed by atoms with van der Waals surface area (Å²) in [7, 11) is 0. The van der Waals surface area contributed by atoms with Gasteiger partial charge in [-0.2, -0.15) is 0 Å². The summed E-state index contributed by atoms with van der Waals surface area (Å²) in [5.41, 5.74) is 2.38. The highest BCUT2D eigenvalue weighted by Crippen LogP contribution is 2.24. The SMILES string of the molecule is Cc1ccc(C(=O)c2cc(Cl)ccc2NC=C[N+](=O)[O-])cc1. The van der Waals surface area contributed by atoms with Crippen LogP contribution < -0.4 is 5.32 Å². The molecule has 0 saturated heterocycles. The molecule has 0 amide bonds. The summed E-state index contributed by atoms with van der Waals surface area (Å²) >= 11 is 5.95. The van der Waals surface area contributed by atoms with E-state index in [0.717, 1.165) is 18.0 Å². The van der Waals surface area contributed by atoms with Crippen molar-refractivity contribution in [2.75, 3.05) is 5.32 Å². The predicted octanol–water partition coefficient (Wildman–Crippen LogP) is 4.04. The Balaban J connectivity index is 2.35. The number of hydrogen-bond donors (Lipinski definition) is 1. The summed E-state index contributed by atoms with van der Waals surface area (Å²) in [6.45, 7) is 1.93. The summed E-state index contributed by atoms with van der Waals surface area (Å²) in [6.07, 6.45) is 1.92. The van der Waals surface area contributed by atoms with Gasteiger partial charge in [0.25, 0.3) is 0 Å². The highest BCUT2D eigenvalue weighted by Gasteiger charge is 2.14. The lowest BCUT2D eigenvalue weighted by Crippen LogP contribution is -2.05. The lowest BCUT2D eigenvalue weighted by Gasteiger charge is -2.09. The summed E-state index contributed by atoms with van der Waals surface area (Å²) in [5, 5.41) is 13.5. The van der Waals surface area contributed by atoms with Crippen LogP contribution in [-0.4, -0.2) is 10.7 Å². The average molecular weight is 317 g/mol. The van der Waals surface area contributed by atoms with Gasteiger partial charge in [-0.05, 0) is 25.1 Å². The molecule has 0 saturated carbocycles. The molecule has 1 N–H and O–H groups in total. The third-order valence-corrected chi connectivity index (χ3v) is 3.21. The smallest absolute Gasteiger partial charge is 0.250 e. The Morgan fingerprint density at radius 2 is 1.91 bits per heavy atom. The van der Waals surface area contributed by atoms with Crippen LogP contribution in [0.15, 0.2) is 54.9 Å². The minimum absolute atomic E-state index is 0.209. The zero-order chi connectivity index (χ0) is 16.1. The van der Waals surface area contributed by atoms with Gasteiger partial charge in [-0.15, -0.1) is 0 Å². The number of aryl methyl sites for hydroxylation is 1. The molecule has 2 aromatic rings. The van der Waals surface area contributed by atoms with Gasteiger partial charge in [0.05, 0.1) is 11.1 Å². The molecule has 0 radical (unpaired) electrons. The zero-order valence-corrected chi connectivity index (χ0v) is 12.5. The van der Waals surface area contributed by atoms with Crippen LogP contribution in [0.2, 0.25) is 5.02 Å². The first-order chi connectivity index (χ1) is 10.5. The Bertz CT molecular complexity index is 740. The van der Waals surface area contributed by atoms with Crippen molar-refractivity contribution in [3.8, 4) is 0 Å². The van der Waals surface area contributed by atoms with E-state index >= 15 is 0 Å². The maximum atomic E-state index is 12.6. The van der Waals surface area contributed by atoms with Crippen molar-refractivity contribution in [2.45, 2.75) is 6.92 Å². The highest BCUT2D eigenvalue weighted by molar-refractivity contribution is 6.31. The molecule has 0 unspecified atom stereocenters. The third-order valence-electron chi connectivity index (χ3n) is 2.98. The van der Waals surface area contributed by atoms with Gasteiger partial charge >= 0.3 is 0 Å². The molecule has 0 aromatic heterocycles. The number of nitrogens with one attached hydrogen (secondary N) is 1. The van der Waals surface area contributed by atoms with Crippen LogP contribution in [0.5, 0.6) is 0 Å². The lowest BCUT2D eigenvalue weighted by atomic mass is 10.0. The standard InChI is InChI=1S/C16H13ClN2O3/c1-11-2-4-12(5-3-11)16(20)14-10-13(17)6-7-15(14)18-8-9-19(21)22/h2-10,18H,1H3. The molecule has 2 aromatic carbocycles. The molecule has 0 aliphatic carbocycles. The van der Waals surface area contributed by atoms with Crippen LogP contribution in [0.3, 0.4) is 0 Å². The number of halogens is 1. The molecule has 22 heavy (non-hydrogen) atoms. The molecule has 0 heterocycles. The Hall–Kier alpha value is -2.66. The fourth-order valence-electron chi connectivity index (χ4n) is 1.88. The topological polar surface area (TPSA) is 72.2 Å². The molecule has 0 bridgehead atoms. The van der Waals surface area contributed by atoms with Crippen LogP contribution in [-0.2, 0) is 0 Å². The maximum Gasteiger partial charge on any atom is 0.250 e. The van der Waals surface area contributed by atoms with Gasteiger partial charge in [-0.3, -0.25) is 14.9 Å². The van der Waals surface area contributed by atoms with Gasteiger partial charge in [-0.25, -0.2) is 0 Å². The monoisotopic (exact) mass is 316 g/mol. The van der Waals surface area contributed by atoms with E-state index in [2.05, 4.69) is 5.32 Å². The first kappa shape index (κ1) is 15.7. The van der Waals surface area contributed by atoms with E-state index in [0.29, 0.717) is 21.8 Å². The fourth-order valence-corrected chi connectivity index (χ4v) is 2.05. The first-order valence-corrected chi connectivity index (χ1v) is 6.83. The van der Waals surface area contributed by atoms with E-state index in [1.54, 1.807) is 24.3 Å². The van der Waals surface area contributed by atoms with Crippen molar-refractivity contribution in [1.29, 1.82) is 0 Å². The van der Waals surface area contributed by atoms with E-state index < -0.39 is 4.92 Å².